The highest BCUT2D eigenvalue weighted by molar-refractivity contribution is 7.19. The molecule has 0 aliphatic carbocycles. The molecule has 45 heavy (non-hydrogen) atoms. The van der Waals surface area contributed by atoms with Gasteiger partial charge in [-0.25, -0.2) is 4.79 Å². The minimum absolute atomic E-state index is 0.202. The van der Waals surface area contributed by atoms with E-state index in [1.807, 2.05) is 73.1 Å². The average Bonchev–Trinajstić information content (AvgIpc) is 3.11. The molecule has 7 rings (SSSR count). The first kappa shape index (κ1) is 29.3. The van der Waals surface area contributed by atoms with Crippen molar-refractivity contribution in [1.82, 2.24) is 0 Å². The lowest BCUT2D eigenvalue weighted by molar-refractivity contribution is -0.685. The van der Waals surface area contributed by atoms with Crippen LogP contribution in [0, 0.1) is 0 Å². The van der Waals surface area contributed by atoms with Crippen LogP contribution < -0.4 is 31.2 Å². The fourth-order valence-corrected chi connectivity index (χ4v) is 6.20. The van der Waals surface area contributed by atoms with Crippen molar-refractivity contribution in [2.24, 2.45) is 0 Å². The summed E-state index contributed by atoms with van der Waals surface area (Å²) in [5.41, 5.74) is 5.36. The maximum Gasteiger partial charge on any atom is 0.378 e. The Bertz CT molecular complexity index is 1790. The van der Waals surface area contributed by atoms with Crippen LogP contribution in [0.1, 0.15) is 0 Å². The largest absolute Gasteiger partial charge is 0.422 e. The molecule has 1 heterocycles. The molecule has 4 heteroatoms. The molecule has 0 amide bonds. The molecule has 218 valence electrons. The number of fused-ring (bicyclic) bond motifs is 1. The van der Waals surface area contributed by atoms with E-state index in [-0.39, 0.29) is 12.5 Å². The molecule has 0 unspecified atom stereocenters. The second-order valence-corrected chi connectivity index (χ2v) is 11.0. The molecule has 3 nitrogen and oxygen atoms in total. The summed E-state index contributed by atoms with van der Waals surface area (Å²) in [6.45, 7) is 0.202. The monoisotopic (exact) mass is 583 g/mol. The van der Waals surface area contributed by atoms with Gasteiger partial charge in [0.05, 0.1) is 0 Å². The van der Waals surface area contributed by atoms with Gasteiger partial charge in [0.15, 0.2) is 12.4 Å². The number of hydrogen-bond acceptors (Lipinski definition) is 2. The molecule has 0 spiro atoms. The average molecular weight is 584 g/mol. The van der Waals surface area contributed by atoms with Crippen molar-refractivity contribution in [1.29, 1.82) is 0 Å². The van der Waals surface area contributed by atoms with Crippen molar-refractivity contribution < 1.29 is 14.1 Å². The predicted molar refractivity (Wildman–Crippen MR) is 186 cm³/mol. The molecule has 0 saturated carbocycles. The van der Waals surface area contributed by atoms with E-state index in [2.05, 4.69) is 121 Å². The van der Waals surface area contributed by atoms with Gasteiger partial charge < -0.3 is 4.74 Å². The smallest absolute Gasteiger partial charge is 0.378 e. The third-order valence-corrected chi connectivity index (χ3v) is 8.24. The van der Waals surface area contributed by atoms with Crippen LogP contribution in [0.5, 0.6) is 5.75 Å². The number of rotatable bonds is 7. The number of carbonyl (C=O) groups is 1. The molecule has 1 aromatic heterocycles. The third kappa shape index (κ3) is 6.76. The van der Waals surface area contributed by atoms with E-state index in [1.54, 1.807) is 4.57 Å². The van der Waals surface area contributed by atoms with Crippen LogP contribution in [0.2, 0.25) is 0 Å². The Morgan fingerprint density at radius 2 is 0.867 bits per heavy atom. The second-order valence-electron chi connectivity index (χ2n) is 11.0. The van der Waals surface area contributed by atoms with Crippen molar-refractivity contribution >= 4 is 44.7 Å². The Balaban J connectivity index is 0.000000163. The number of benzene rings is 6. The zero-order valence-corrected chi connectivity index (χ0v) is 25.0. The van der Waals surface area contributed by atoms with E-state index in [9.17, 15) is 4.79 Å². The zero-order chi connectivity index (χ0) is 30.7. The van der Waals surface area contributed by atoms with Gasteiger partial charge in [0.2, 0.25) is 6.54 Å². The normalized spacial score (nSPS) is 10.8. The summed E-state index contributed by atoms with van der Waals surface area (Å²) >= 11 is 0. The van der Waals surface area contributed by atoms with Crippen molar-refractivity contribution in [2.75, 3.05) is 0 Å². The highest BCUT2D eigenvalue weighted by atomic mass is 16.5. The topological polar surface area (TPSA) is 30.2 Å². The van der Waals surface area contributed by atoms with E-state index in [4.69, 9.17) is 4.74 Å². The number of esters is 1. The Morgan fingerprint density at radius 3 is 1.33 bits per heavy atom. The van der Waals surface area contributed by atoms with Crippen LogP contribution in [0.4, 0.5) is 0 Å². The fraction of sp³-hybridized carbons (Fsp3) is 0.0244. The van der Waals surface area contributed by atoms with Crippen LogP contribution in [-0.2, 0) is 11.3 Å². The Hall–Kier alpha value is -5.74. The number of pyridine rings is 1. The van der Waals surface area contributed by atoms with E-state index >= 15 is 0 Å². The van der Waals surface area contributed by atoms with Gasteiger partial charge in [0.25, 0.3) is 0 Å². The van der Waals surface area contributed by atoms with Crippen molar-refractivity contribution in [3.05, 3.63) is 194 Å². The van der Waals surface area contributed by atoms with Gasteiger partial charge in [-0.15, -0.1) is 0 Å². The summed E-state index contributed by atoms with van der Waals surface area (Å²) < 4.78 is 7.15. The summed E-state index contributed by atoms with van der Waals surface area (Å²) in [6, 6.07) is 62.8. The maximum absolute atomic E-state index is 11.9. The molecule has 0 aliphatic heterocycles. The lowest BCUT2D eigenvalue weighted by Crippen LogP contribution is -2.74. The summed E-state index contributed by atoms with van der Waals surface area (Å²) in [5, 5.41) is 2.19. The molecular weight excluding hydrogens is 549 g/mol. The highest BCUT2D eigenvalue weighted by Crippen LogP contribution is 2.20. The second kappa shape index (κ2) is 14.2. The SMILES string of the molecule is O=C(C[n+]1ccccc1)Oc1ccc2ccccc2c1.c1ccc([B-](c2ccccc2)(c2ccccc2)c2ccccc2)cc1. The van der Waals surface area contributed by atoms with Gasteiger partial charge in [-0.1, -0.05) is 158 Å². The lowest BCUT2D eigenvalue weighted by Gasteiger charge is -2.44. The van der Waals surface area contributed by atoms with Gasteiger partial charge in [0.1, 0.15) is 11.9 Å². The molecule has 6 aromatic carbocycles. The van der Waals surface area contributed by atoms with E-state index in [1.165, 1.54) is 21.9 Å². The van der Waals surface area contributed by atoms with E-state index in [0.29, 0.717) is 5.75 Å². The fourth-order valence-electron chi connectivity index (χ4n) is 6.20. The van der Waals surface area contributed by atoms with Crippen LogP contribution in [0.25, 0.3) is 10.8 Å². The van der Waals surface area contributed by atoms with Gasteiger partial charge in [-0.2, -0.15) is 26.4 Å². The standard InChI is InChI=1S/C24H20B.C17H14NO2/c1-5-13-21(14-6-1)25(22-15-7-2-8-16-22,23-17-9-3-10-18-23)24-19-11-4-12-20-24;19-17(13-18-10-4-1-5-11-18)20-16-9-8-14-6-2-3-7-15(14)12-16/h1-20H;1-12H,13H2/q-1;+1. The predicted octanol–water partition coefficient (Wildman–Crippen LogP) is 5.80. The van der Waals surface area contributed by atoms with E-state index in [0.717, 1.165) is 10.8 Å². The molecule has 0 fully saturated rings. The number of carbonyl (C=O) groups excluding carboxylic acids is 1. The first-order valence-corrected chi connectivity index (χ1v) is 15.2. The molecule has 0 atom stereocenters. The Morgan fingerprint density at radius 1 is 0.467 bits per heavy atom. The number of nitrogens with zero attached hydrogens (tertiary/aromatic N) is 1. The molecule has 0 radical (unpaired) electrons. The van der Waals surface area contributed by atoms with Crippen molar-refractivity contribution in [2.45, 2.75) is 6.54 Å². The Labute approximate surface area is 264 Å². The summed E-state index contributed by atoms with van der Waals surface area (Å²) in [4.78, 5) is 11.9. The Kier molecular flexibility index (Phi) is 9.23. The molecule has 0 bridgehead atoms. The van der Waals surface area contributed by atoms with Crippen molar-refractivity contribution in [3.8, 4) is 5.75 Å². The summed E-state index contributed by atoms with van der Waals surface area (Å²) in [5.74, 6) is 0.293. The van der Waals surface area contributed by atoms with Crippen LogP contribution >= 0.6 is 0 Å². The van der Waals surface area contributed by atoms with Crippen LogP contribution in [0.3, 0.4) is 0 Å². The van der Waals surface area contributed by atoms with Gasteiger partial charge in [-0.3, -0.25) is 0 Å². The number of aromatic nitrogens is 1. The third-order valence-electron chi connectivity index (χ3n) is 8.24. The first-order chi connectivity index (χ1) is 22.2. The molecule has 0 N–H and O–H groups in total. The van der Waals surface area contributed by atoms with Crippen LogP contribution in [-0.4, -0.2) is 12.1 Å². The minimum Gasteiger partial charge on any atom is -0.422 e. The number of hydrogen-bond donors (Lipinski definition) is 0. The zero-order valence-electron chi connectivity index (χ0n) is 25.0. The summed E-state index contributed by atoms with van der Waals surface area (Å²) in [6.07, 6.45) is 2.45. The first-order valence-electron chi connectivity index (χ1n) is 15.2. The highest BCUT2D eigenvalue weighted by Gasteiger charge is 2.31. The lowest BCUT2D eigenvalue weighted by atomic mass is 9.13. The van der Waals surface area contributed by atoms with E-state index < -0.39 is 6.15 Å². The van der Waals surface area contributed by atoms with Crippen LogP contribution in [0.15, 0.2) is 194 Å². The molecule has 0 saturated heterocycles. The quantitative estimate of drug-likeness (QED) is 0.103. The van der Waals surface area contributed by atoms with Crippen molar-refractivity contribution in [3.63, 3.8) is 0 Å². The maximum atomic E-state index is 11.9. The van der Waals surface area contributed by atoms with Gasteiger partial charge in [0, 0.05) is 12.1 Å². The summed E-state index contributed by atoms with van der Waals surface area (Å²) in [7, 11) is 0. The minimum atomic E-state index is -1.22. The number of ether oxygens (including phenoxy) is 1. The molecule has 7 aromatic rings. The molecular formula is C41H34BNO2. The van der Waals surface area contributed by atoms with Gasteiger partial charge in [-0.05, 0) is 22.9 Å². The van der Waals surface area contributed by atoms with Gasteiger partial charge >= 0.3 is 5.97 Å². The molecule has 0 aliphatic rings.